The zero-order valence-corrected chi connectivity index (χ0v) is 22.4. The monoisotopic (exact) mass is 560 g/mol. The van der Waals surface area contributed by atoms with Crippen LogP contribution in [0.5, 0.6) is 17.2 Å². The van der Waals surface area contributed by atoms with Crippen molar-refractivity contribution in [3.63, 3.8) is 0 Å². The first kappa shape index (κ1) is 28.2. The van der Waals surface area contributed by atoms with E-state index in [1.807, 2.05) is 12.1 Å². The molecule has 0 spiro atoms. The fourth-order valence-corrected chi connectivity index (χ4v) is 4.47. The minimum atomic E-state index is -4.71. The highest BCUT2D eigenvalue weighted by Crippen LogP contribution is 2.36. The van der Waals surface area contributed by atoms with Gasteiger partial charge < -0.3 is 14.2 Å². The van der Waals surface area contributed by atoms with E-state index in [-0.39, 0.29) is 29.1 Å². The number of halogens is 3. The maximum atomic E-state index is 13.0. The van der Waals surface area contributed by atoms with Crippen LogP contribution < -0.4 is 14.2 Å². The number of hydrogen-bond acceptors (Lipinski definition) is 7. The molecule has 1 atom stereocenters. The molecule has 12 heteroatoms. The molecule has 0 bridgehead atoms. The summed E-state index contributed by atoms with van der Waals surface area (Å²) in [5.74, 6) is 0.758. The molecule has 1 amide bonds. The van der Waals surface area contributed by atoms with E-state index in [9.17, 15) is 18.0 Å². The van der Waals surface area contributed by atoms with Crippen LogP contribution in [0, 0.1) is 5.41 Å². The molecule has 2 aromatic carbocycles. The Hall–Kier alpha value is -3.80. The first-order valence-corrected chi connectivity index (χ1v) is 13.1. The second-order valence-electron chi connectivity index (χ2n) is 8.64. The summed E-state index contributed by atoms with van der Waals surface area (Å²) < 4.78 is 56.4. The normalized spacial score (nSPS) is 17.1. The molecule has 0 saturated heterocycles. The molecular formula is C27H27F3N4O4S. The molecule has 0 aliphatic carbocycles. The van der Waals surface area contributed by atoms with E-state index in [4.69, 9.17) is 19.6 Å². The lowest BCUT2D eigenvalue weighted by Crippen LogP contribution is -2.35. The topological polar surface area (TPSA) is 96.6 Å². The van der Waals surface area contributed by atoms with Crippen molar-refractivity contribution in [3.8, 4) is 17.2 Å². The van der Waals surface area contributed by atoms with Gasteiger partial charge >= 0.3 is 6.18 Å². The number of amidine groups is 2. The van der Waals surface area contributed by atoms with Crippen molar-refractivity contribution in [1.29, 1.82) is 5.41 Å². The molecular weight excluding hydrogens is 533 g/mol. The third-order valence-corrected chi connectivity index (χ3v) is 6.90. The molecule has 206 valence electrons. The number of carbonyl (C=O) groups is 1. The lowest BCUT2D eigenvalue weighted by molar-refractivity contribution is -0.114. The van der Waals surface area contributed by atoms with Crippen molar-refractivity contribution >= 4 is 39.8 Å². The molecule has 0 fully saturated rings. The molecule has 1 unspecified atom stereocenters. The number of alkyl halides is 3. The Bertz CT molecular complexity index is 1340. The van der Waals surface area contributed by atoms with Gasteiger partial charge in [-0.25, -0.2) is 0 Å². The lowest BCUT2D eigenvalue weighted by Gasteiger charge is -2.20. The van der Waals surface area contributed by atoms with Crippen LogP contribution in [0.15, 0.2) is 58.1 Å². The number of ether oxygens (including phenoxy) is 3. The van der Waals surface area contributed by atoms with Crippen LogP contribution in [0.25, 0.3) is 6.08 Å². The number of nitrogens with zero attached hydrogens (tertiary/aromatic N) is 3. The number of carbonyl (C=O) groups excluding carboxylic acids is 1. The van der Waals surface area contributed by atoms with Gasteiger partial charge in [0.2, 0.25) is 10.2 Å². The van der Waals surface area contributed by atoms with Gasteiger partial charge in [-0.05, 0) is 72.5 Å². The van der Waals surface area contributed by atoms with Crippen LogP contribution >= 0.6 is 11.8 Å². The van der Waals surface area contributed by atoms with E-state index >= 15 is 0 Å². The molecule has 2 heterocycles. The van der Waals surface area contributed by atoms with Crippen LogP contribution in [0.3, 0.4) is 0 Å². The number of nitrogens with one attached hydrogen (secondary N) is 1. The molecule has 0 radical (unpaired) electrons. The maximum Gasteiger partial charge on any atom is 0.441 e. The Balaban J connectivity index is 1.43. The van der Waals surface area contributed by atoms with Gasteiger partial charge in [0.25, 0.3) is 5.91 Å². The van der Waals surface area contributed by atoms with Crippen molar-refractivity contribution in [2.24, 2.45) is 10.1 Å². The van der Waals surface area contributed by atoms with Gasteiger partial charge in [-0.1, -0.05) is 32.0 Å². The number of fused-ring (bicyclic) bond motifs is 1. The SMILES string of the molecule is CCOc1cc(/C=C2/C(=N)N3N=C(C(F)(F)F)SC3=NC2=O)ccc1OCCOc1ccc(C(C)CC)cc1. The fraction of sp³-hybridized carbons (Fsp3) is 0.333. The first-order chi connectivity index (χ1) is 18.6. The van der Waals surface area contributed by atoms with Crippen LogP contribution in [0.4, 0.5) is 13.2 Å². The van der Waals surface area contributed by atoms with Gasteiger partial charge in [0.15, 0.2) is 17.3 Å². The Morgan fingerprint density at radius 3 is 2.44 bits per heavy atom. The second-order valence-corrected chi connectivity index (χ2v) is 9.59. The molecule has 0 saturated carbocycles. The van der Waals surface area contributed by atoms with E-state index in [1.165, 1.54) is 11.6 Å². The lowest BCUT2D eigenvalue weighted by atomic mass is 9.99. The quantitative estimate of drug-likeness (QED) is 0.273. The molecule has 1 N–H and O–H groups in total. The van der Waals surface area contributed by atoms with Gasteiger partial charge in [0.05, 0.1) is 12.2 Å². The largest absolute Gasteiger partial charge is 0.490 e. The van der Waals surface area contributed by atoms with Gasteiger partial charge in [0, 0.05) is 0 Å². The van der Waals surface area contributed by atoms with Crippen molar-refractivity contribution in [1.82, 2.24) is 5.01 Å². The summed E-state index contributed by atoms with van der Waals surface area (Å²) in [6, 6.07) is 12.9. The molecule has 8 nitrogen and oxygen atoms in total. The van der Waals surface area contributed by atoms with Crippen molar-refractivity contribution in [2.45, 2.75) is 39.3 Å². The summed E-state index contributed by atoms with van der Waals surface area (Å²) in [5, 5.41) is 10.9. The minimum Gasteiger partial charge on any atom is -0.490 e. The number of hydrogen-bond donors (Lipinski definition) is 1. The zero-order valence-electron chi connectivity index (χ0n) is 21.5. The first-order valence-electron chi connectivity index (χ1n) is 12.3. The number of benzene rings is 2. The standard InChI is InChI=1S/C27H27F3N4O4S/c1-4-16(3)18-7-9-19(10-8-18)37-12-13-38-21-11-6-17(15-22(21)36-5-2)14-20-23(31)34-26(32-24(20)35)39-25(33-34)27(28,29)30/h6-11,14-16,31H,4-5,12-13H2,1-3H3/b20-14-,31-23?. The van der Waals surface area contributed by atoms with E-state index in [0.29, 0.717) is 41.2 Å². The molecule has 2 aliphatic heterocycles. The van der Waals surface area contributed by atoms with Crippen LogP contribution in [0.2, 0.25) is 0 Å². The van der Waals surface area contributed by atoms with E-state index < -0.39 is 23.0 Å². The molecule has 2 aromatic rings. The number of rotatable bonds is 10. The van der Waals surface area contributed by atoms with Crippen LogP contribution in [0.1, 0.15) is 44.2 Å². The van der Waals surface area contributed by atoms with Crippen molar-refractivity contribution < 1.29 is 32.2 Å². The Kier molecular flexibility index (Phi) is 8.63. The predicted octanol–water partition coefficient (Wildman–Crippen LogP) is 6.24. The number of aliphatic imine (C=N–C) groups is 1. The zero-order chi connectivity index (χ0) is 28.2. The highest BCUT2D eigenvalue weighted by atomic mass is 32.2. The average molecular weight is 561 g/mol. The minimum absolute atomic E-state index is 0.199. The molecule has 0 aromatic heterocycles. The number of amides is 1. The van der Waals surface area contributed by atoms with E-state index in [2.05, 4.69) is 36.1 Å². The molecule has 2 aliphatic rings. The highest BCUT2D eigenvalue weighted by molar-refractivity contribution is 8.27. The maximum absolute atomic E-state index is 13.0. The van der Waals surface area contributed by atoms with E-state index in [0.717, 1.165) is 12.2 Å². The Morgan fingerprint density at radius 2 is 1.77 bits per heavy atom. The number of thioether (sulfide) groups is 1. The van der Waals surface area contributed by atoms with Gasteiger partial charge in [0.1, 0.15) is 19.0 Å². The summed E-state index contributed by atoms with van der Waals surface area (Å²) >= 11 is 0.204. The number of hydrazone groups is 1. The summed E-state index contributed by atoms with van der Waals surface area (Å²) in [4.78, 5) is 16.2. The van der Waals surface area contributed by atoms with Crippen molar-refractivity contribution in [3.05, 3.63) is 59.2 Å². The fourth-order valence-electron chi connectivity index (χ4n) is 3.71. The second kappa shape index (κ2) is 11.9. The van der Waals surface area contributed by atoms with E-state index in [1.54, 1.807) is 25.1 Å². The Morgan fingerprint density at radius 1 is 1.05 bits per heavy atom. The smallest absolute Gasteiger partial charge is 0.441 e. The summed E-state index contributed by atoms with van der Waals surface area (Å²) in [5.41, 5.74) is 1.53. The van der Waals surface area contributed by atoms with Gasteiger partial charge in [-0.3, -0.25) is 10.2 Å². The summed E-state index contributed by atoms with van der Waals surface area (Å²) in [6.07, 6.45) is -2.28. The van der Waals surface area contributed by atoms with Crippen molar-refractivity contribution in [2.75, 3.05) is 19.8 Å². The molecule has 4 rings (SSSR count). The van der Waals surface area contributed by atoms with Crippen LogP contribution in [-0.2, 0) is 4.79 Å². The van der Waals surface area contributed by atoms with Crippen LogP contribution in [-0.4, -0.2) is 53.0 Å². The molecule has 39 heavy (non-hydrogen) atoms. The van der Waals surface area contributed by atoms with Gasteiger partial charge in [-0.2, -0.15) is 28.3 Å². The third-order valence-electron chi connectivity index (χ3n) is 5.95. The summed E-state index contributed by atoms with van der Waals surface area (Å²) in [6.45, 7) is 7.03. The summed E-state index contributed by atoms with van der Waals surface area (Å²) in [7, 11) is 0. The average Bonchev–Trinajstić information content (AvgIpc) is 3.35. The highest BCUT2D eigenvalue weighted by Gasteiger charge is 2.46. The predicted molar refractivity (Wildman–Crippen MR) is 145 cm³/mol. The van der Waals surface area contributed by atoms with Gasteiger partial charge in [-0.15, -0.1) is 0 Å². The Labute approximate surface area is 228 Å². The third kappa shape index (κ3) is 6.62.